The molecule has 2 aromatic carbocycles. The number of hydrogen-bond donors (Lipinski definition) is 2. The molecule has 1 heterocycles. The molecule has 1 atom stereocenters. The molecule has 0 saturated heterocycles. The quantitative estimate of drug-likeness (QED) is 0.668. The van der Waals surface area contributed by atoms with E-state index in [4.69, 9.17) is 0 Å². The molecular weight excluding hydrogens is 423 g/mol. The van der Waals surface area contributed by atoms with Crippen LogP contribution >= 0.6 is 0 Å². The maximum atomic E-state index is 12.6. The zero-order chi connectivity index (χ0) is 23.3. The molecule has 3 amide bonds. The Morgan fingerprint density at radius 3 is 2.28 bits per heavy atom. The largest absolute Gasteiger partial charge is 0.416 e. The molecule has 0 radical (unpaired) electrons. The summed E-state index contributed by atoms with van der Waals surface area (Å²) >= 11 is 0. The van der Waals surface area contributed by atoms with Gasteiger partial charge in [-0.1, -0.05) is 24.3 Å². The van der Waals surface area contributed by atoms with Crippen LogP contribution in [0.5, 0.6) is 0 Å². The van der Waals surface area contributed by atoms with Crippen molar-refractivity contribution in [1.82, 2.24) is 15.5 Å². The molecule has 2 aromatic rings. The third-order valence-corrected chi connectivity index (χ3v) is 5.05. The summed E-state index contributed by atoms with van der Waals surface area (Å²) < 4.78 is 37.8. The van der Waals surface area contributed by atoms with Gasteiger partial charge in [0, 0.05) is 31.8 Å². The summed E-state index contributed by atoms with van der Waals surface area (Å²) in [6, 6.07) is 10.9. The molecule has 3 rings (SSSR count). The van der Waals surface area contributed by atoms with Crippen molar-refractivity contribution < 1.29 is 27.6 Å². The first-order valence-corrected chi connectivity index (χ1v) is 9.95. The summed E-state index contributed by atoms with van der Waals surface area (Å²) in [7, 11) is 0. The maximum Gasteiger partial charge on any atom is 0.416 e. The van der Waals surface area contributed by atoms with E-state index in [1.165, 1.54) is 11.8 Å². The minimum absolute atomic E-state index is 0.0494. The number of carbonyl (C=O) groups excluding carboxylic acids is 3. The number of rotatable bonds is 6. The highest BCUT2D eigenvalue weighted by molar-refractivity contribution is 5.94. The number of nitrogens with one attached hydrogen (secondary N) is 2. The number of alkyl halides is 3. The van der Waals surface area contributed by atoms with Crippen molar-refractivity contribution in [1.29, 1.82) is 0 Å². The fourth-order valence-electron chi connectivity index (χ4n) is 3.45. The summed E-state index contributed by atoms with van der Waals surface area (Å²) in [5.41, 5.74) is 1.06. The highest BCUT2D eigenvalue weighted by Crippen LogP contribution is 2.32. The van der Waals surface area contributed by atoms with Gasteiger partial charge in [-0.15, -0.1) is 0 Å². The van der Waals surface area contributed by atoms with Gasteiger partial charge in [0.05, 0.1) is 18.0 Å². The van der Waals surface area contributed by atoms with Gasteiger partial charge in [-0.05, 0) is 41.5 Å². The van der Waals surface area contributed by atoms with Crippen molar-refractivity contribution in [2.24, 2.45) is 0 Å². The Morgan fingerprint density at radius 2 is 1.62 bits per heavy atom. The number of benzene rings is 2. The van der Waals surface area contributed by atoms with E-state index < -0.39 is 23.7 Å². The van der Waals surface area contributed by atoms with E-state index in [9.17, 15) is 27.6 Å². The van der Waals surface area contributed by atoms with Crippen LogP contribution in [0.15, 0.2) is 54.7 Å². The normalized spacial score (nSPS) is 15.1. The zero-order valence-electron chi connectivity index (χ0n) is 17.3. The molecule has 0 bridgehead atoms. The Morgan fingerprint density at radius 1 is 0.969 bits per heavy atom. The zero-order valence-corrected chi connectivity index (χ0v) is 17.3. The molecule has 1 aliphatic rings. The Bertz CT molecular complexity index is 1030. The van der Waals surface area contributed by atoms with Crippen LogP contribution in [0.4, 0.5) is 13.2 Å². The van der Waals surface area contributed by atoms with Crippen molar-refractivity contribution in [3.05, 3.63) is 77.0 Å². The molecule has 9 heteroatoms. The summed E-state index contributed by atoms with van der Waals surface area (Å²) in [6.45, 7) is 1.67. The minimum Gasteiger partial charge on any atom is -0.354 e. The smallest absolute Gasteiger partial charge is 0.354 e. The van der Waals surface area contributed by atoms with Crippen LogP contribution in [0.25, 0.3) is 6.08 Å². The van der Waals surface area contributed by atoms with Crippen molar-refractivity contribution in [2.75, 3.05) is 13.1 Å². The average molecular weight is 445 g/mol. The number of carbonyl (C=O) groups is 3. The molecule has 0 saturated carbocycles. The number of nitrogens with zero attached hydrogens (tertiary/aromatic N) is 1. The molecular formula is C23H22F3N3O3. The first-order valence-electron chi connectivity index (χ1n) is 9.95. The van der Waals surface area contributed by atoms with E-state index in [0.717, 1.165) is 35.4 Å². The van der Waals surface area contributed by atoms with Crippen LogP contribution in [0.2, 0.25) is 0 Å². The topological polar surface area (TPSA) is 78.5 Å². The third-order valence-electron chi connectivity index (χ3n) is 5.05. The van der Waals surface area contributed by atoms with Crippen LogP contribution in [0.1, 0.15) is 46.4 Å². The van der Waals surface area contributed by atoms with Crippen molar-refractivity contribution in [3.8, 4) is 0 Å². The SMILES string of the molecule is CC(=O)N1C=Cc2ccccc2C1CC(=O)NCCNC(=O)c1ccc(C(F)(F)F)cc1. The number of halogens is 3. The first-order chi connectivity index (χ1) is 15.2. The average Bonchev–Trinajstić information content (AvgIpc) is 2.76. The van der Waals surface area contributed by atoms with Crippen molar-refractivity contribution in [2.45, 2.75) is 25.6 Å². The second kappa shape index (κ2) is 9.67. The van der Waals surface area contributed by atoms with Gasteiger partial charge in [0.25, 0.3) is 5.91 Å². The van der Waals surface area contributed by atoms with Gasteiger partial charge in [-0.25, -0.2) is 0 Å². The van der Waals surface area contributed by atoms with Gasteiger partial charge < -0.3 is 15.5 Å². The third kappa shape index (κ3) is 5.54. The highest BCUT2D eigenvalue weighted by Gasteiger charge is 2.30. The summed E-state index contributed by atoms with van der Waals surface area (Å²) in [6.07, 6.45) is -0.936. The van der Waals surface area contributed by atoms with E-state index in [0.29, 0.717) is 0 Å². The molecule has 6 nitrogen and oxygen atoms in total. The first kappa shape index (κ1) is 23.1. The van der Waals surface area contributed by atoms with Gasteiger partial charge in [0.1, 0.15) is 0 Å². The molecule has 0 aliphatic carbocycles. The highest BCUT2D eigenvalue weighted by atomic mass is 19.4. The lowest BCUT2D eigenvalue weighted by Gasteiger charge is -2.32. The molecule has 1 unspecified atom stereocenters. The molecule has 1 aliphatic heterocycles. The second-order valence-electron chi connectivity index (χ2n) is 7.27. The lowest BCUT2D eigenvalue weighted by molar-refractivity contribution is -0.137. The lowest BCUT2D eigenvalue weighted by Crippen LogP contribution is -2.38. The van der Waals surface area contributed by atoms with E-state index in [1.807, 2.05) is 30.3 Å². The number of hydrogen-bond acceptors (Lipinski definition) is 3. The van der Waals surface area contributed by atoms with E-state index >= 15 is 0 Å². The van der Waals surface area contributed by atoms with Gasteiger partial charge in [-0.2, -0.15) is 13.2 Å². The number of fused-ring (bicyclic) bond motifs is 1. The molecule has 2 N–H and O–H groups in total. The van der Waals surface area contributed by atoms with Crippen LogP contribution in [-0.4, -0.2) is 35.7 Å². The molecule has 0 spiro atoms. The van der Waals surface area contributed by atoms with Crippen molar-refractivity contribution in [3.63, 3.8) is 0 Å². The van der Waals surface area contributed by atoms with Gasteiger partial charge in [0.15, 0.2) is 0 Å². The molecule has 32 heavy (non-hydrogen) atoms. The van der Waals surface area contributed by atoms with Crippen LogP contribution in [-0.2, 0) is 15.8 Å². The summed E-state index contributed by atoms with van der Waals surface area (Å²) in [5.74, 6) is -1.02. The molecule has 168 valence electrons. The van der Waals surface area contributed by atoms with Gasteiger partial charge in [0.2, 0.25) is 11.8 Å². The molecule has 0 fully saturated rings. The molecule has 0 aromatic heterocycles. The van der Waals surface area contributed by atoms with E-state index in [1.54, 1.807) is 6.20 Å². The Labute approximate surface area is 183 Å². The predicted molar refractivity (Wildman–Crippen MR) is 112 cm³/mol. The monoisotopic (exact) mass is 445 g/mol. The maximum absolute atomic E-state index is 12.6. The van der Waals surface area contributed by atoms with E-state index in [-0.39, 0.29) is 36.9 Å². The fourth-order valence-corrected chi connectivity index (χ4v) is 3.45. The Balaban J connectivity index is 1.50. The standard InChI is InChI=1S/C23H22F3N3O3/c1-15(30)29-13-10-16-4-2-3-5-19(16)20(29)14-21(31)27-11-12-28-22(32)17-6-8-18(9-7-17)23(24,25)26/h2-10,13,20H,11-12,14H2,1H3,(H,27,31)(H,28,32). The van der Waals surface area contributed by atoms with Crippen LogP contribution < -0.4 is 10.6 Å². The van der Waals surface area contributed by atoms with Gasteiger partial charge >= 0.3 is 6.18 Å². The summed E-state index contributed by atoms with van der Waals surface area (Å²) in [5, 5.41) is 5.24. The summed E-state index contributed by atoms with van der Waals surface area (Å²) in [4.78, 5) is 38.0. The Hall–Kier alpha value is -3.62. The number of amides is 3. The minimum atomic E-state index is -4.47. The van der Waals surface area contributed by atoms with Crippen LogP contribution in [0, 0.1) is 0 Å². The van der Waals surface area contributed by atoms with E-state index in [2.05, 4.69) is 10.6 Å². The van der Waals surface area contributed by atoms with Crippen molar-refractivity contribution >= 4 is 23.8 Å². The fraction of sp³-hybridized carbons (Fsp3) is 0.261. The Kier molecular flexibility index (Phi) is 6.97. The van der Waals surface area contributed by atoms with Crippen LogP contribution in [0.3, 0.4) is 0 Å². The van der Waals surface area contributed by atoms with Gasteiger partial charge in [-0.3, -0.25) is 14.4 Å². The lowest BCUT2D eigenvalue weighted by atomic mass is 9.93. The predicted octanol–water partition coefficient (Wildman–Crippen LogP) is 3.52. The second-order valence-corrected chi connectivity index (χ2v) is 7.27.